The minimum Gasteiger partial charge on any atom is -0.491 e. The summed E-state index contributed by atoms with van der Waals surface area (Å²) in [6.07, 6.45) is 0.831. The quantitative estimate of drug-likeness (QED) is 0.759. The van der Waals surface area contributed by atoms with E-state index >= 15 is 0 Å². The van der Waals surface area contributed by atoms with Gasteiger partial charge in [0.05, 0.1) is 16.6 Å². The van der Waals surface area contributed by atoms with Gasteiger partial charge in [-0.15, -0.1) is 11.8 Å². The normalized spacial score (nSPS) is 16.8. The summed E-state index contributed by atoms with van der Waals surface area (Å²) in [6.45, 7) is 0.591. The Morgan fingerprint density at radius 3 is 2.95 bits per heavy atom. The van der Waals surface area contributed by atoms with Gasteiger partial charge in [-0.1, -0.05) is 24.3 Å². The van der Waals surface area contributed by atoms with E-state index in [1.807, 2.05) is 23.9 Å². The smallest absolute Gasteiger partial charge is 0.153 e. The van der Waals surface area contributed by atoms with Gasteiger partial charge in [0.25, 0.3) is 0 Å². The minimum atomic E-state index is 0.378. The summed E-state index contributed by atoms with van der Waals surface area (Å²) in [7, 11) is 0. The lowest BCUT2D eigenvalue weighted by atomic mass is 10.0. The maximum absolute atomic E-state index is 11.1. The summed E-state index contributed by atoms with van der Waals surface area (Å²) in [4.78, 5) is 12.4. The molecule has 0 spiro atoms. The van der Waals surface area contributed by atoms with Gasteiger partial charge < -0.3 is 4.74 Å². The minimum absolute atomic E-state index is 0.378. The highest BCUT2D eigenvalue weighted by Crippen LogP contribution is 2.40. The molecule has 1 unspecified atom stereocenters. The fraction of sp³-hybridized carbons (Fsp3) is 0.188. The second kappa shape index (κ2) is 6.02. The summed E-state index contributed by atoms with van der Waals surface area (Å²) < 4.78 is 6.73. The van der Waals surface area contributed by atoms with E-state index in [1.165, 1.54) is 10.5 Å². The standard InChI is InChI=1S/C16H13BrO2S/c17-14-6-3-4-11(8-18)16(14)19-9-12-10-20-15-7-2-1-5-13(12)15/h1-8,12H,9-10H2. The van der Waals surface area contributed by atoms with Crippen molar-refractivity contribution in [2.24, 2.45) is 0 Å². The molecule has 1 atom stereocenters. The Hall–Kier alpha value is -1.26. The van der Waals surface area contributed by atoms with Crippen LogP contribution < -0.4 is 4.74 Å². The van der Waals surface area contributed by atoms with Crippen molar-refractivity contribution in [2.75, 3.05) is 12.4 Å². The van der Waals surface area contributed by atoms with Crippen LogP contribution in [0.3, 0.4) is 0 Å². The van der Waals surface area contributed by atoms with E-state index in [4.69, 9.17) is 4.74 Å². The number of aldehydes is 1. The van der Waals surface area contributed by atoms with E-state index in [9.17, 15) is 4.79 Å². The highest BCUT2D eigenvalue weighted by Gasteiger charge is 2.23. The molecule has 0 saturated carbocycles. The lowest BCUT2D eigenvalue weighted by Crippen LogP contribution is -2.11. The summed E-state index contributed by atoms with van der Waals surface area (Å²) >= 11 is 5.30. The van der Waals surface area contributed by atoms with Gasteiger partial charge in [-0.25, -0.2) is 0 Å². The van der Waals surface area contributed by atoms with Gasteiger partial charge in [0.2, 0.25) is 0 Å². The molecule has 0 fully saturated rings. The first-order valence-corrected chi connectivity index (χ1v) is 8.15. The number of fused-ring (bicyclic) bond motifs is 1. The average Bonchev–Trinajstić information content (AvgIpc) is 2.89. The summed E-state index contributed by atoms with van der Waals surface area (Å²) in [6, 6.07) is 13.9. The first kappa shape index (κ1) is 13.7. The molecular weight excluding hydrogens is 336 g/mol. The molecule has 4 heteroatoms. The van der Waals surface area contributed by atoms with Gasteiger partial charge >= 0.3 is 0 Å². The van der Waals surface area contributed by atoms with Gasteiger partial charge in [-0.2, -0.15) is 0 Å². The zero-order valence-electron chi connectivity index (χ0n) is 10.7. The lowest BCUT2D eigenvalue weighted by Gasteiger charge is -2.15. The van der Waals surface area contributed by atoms with Crippen molar-refractivity contribution in [1.82, 2.24) is 0 Å². The molecule has 1 aliphatic rings. The van der Waals surface area contributed by atoms with Crippen molar-refractivity contribution in [3.05, 3.63) is 58.1 Å². The Balaban J connectivity index is 1.77. The fourth-order valence-corrected chi connectivity index (χ4v) is 4.05. The Morgan fingerprint density at radius 2 is 2.10 bits per heavy atom. The predicted molar refractivity (Wildman–Crippen MR) is 84.9 cm³/mol. The monoisotopic (exact) mass is 348 g/mol. The van der Waals surface area contributed by atoms with Crippen LogP contribution in [-0.2, 0) is 0 Å². The molecule has 2 nitrogen and oxygen atoms in total. The van der Waals surface area contributed by atoms with Crippen molar-refractivity contribution in [3.63, 3.8) is 0 Å². The van der Waals surface area contributed by atoms with Crippen molar-refractivity contribution in [1.29, 1.82) is 0 Å². The van der Waals surface area contributed by atoms with Crippen LogP contribution in [0.5, 0.6) is 5.75 Å². The summed E-state index contributed by atoms with van der Waals surface area (Å²) in [5, 5.41) is 0. The number of halogens is 1. The number of para-hydroxylation sites is 1. The Bertz CT molecular complexity index is 642. The first-order valence-electron chi connectivity index (χ1n) is 6.38. The van der Waals surface area contributed by atoms with E-state index in [2.05, 4.69) is 40.2 Å². The molecule has 3 rings (SSSR count). The third-order valence-electron chi connectivity index (χ3n) is 3.35. The first-order chi connectivity index (χ1) is 9.79. The second-order valence-electron chi connectivity index (χ2n) is 4.63. The molecule has 2 aromatic carbocycles. The van der Waals surface area contributed by atoms with Crippen LogP contribution in [0.15, 0.2) is 51.8 Å². The molecule has 0 aliphatic carbocycles. The maximum atomic E-state index is 11.1. The number of benzene rings is 2. The molecule has 0 amide bonds. The molecule has 1 aliphatic heterocycles. The van der Waals surface area contributed by atoms with Gasteiger partial charge in [0, 0.05) is 16.6 Å². The number of carbonyl (C=O) groups excluding carboxylic acids is 1. The van der Waals surface area contributed by atoms with Crippen LogP contribution in [0.4, 0.5) is 0 Å². The summed E-state index contributed by atoms with van der Waals surface area (Å²) in [5.74, 6) is 2.04. The molecule has 20 heavy (non-hydrogen) atoms. The second-order valence-corrected chi connectivity index (χ2v) is 6.55. The van der Waals surface area contributed by atoms with E-state index in [0.29, 0.717) is 23.8 Å². The predicted octanol–water partition coefficient (Wildman–Crippen LogP) is 4.53. The van der Waals surface area contributed by atoms with Crippen LogP contribution in [0.25, 0.3) is 0 Å². The highest BCUT2D eigenvalue weighted by molar-refractivity contribution is 9.10. The van der Waals surface area contributed by atoms with Crippen molar-refractivity contribution < 1.29 is 9.53 Å². The SMILES string of the molecule is O=Cc1cccc(Br)c1OCC1CSc2ccccc21. The van der Waals surface area contributed by atoms with Gasteiger partial charge in [-0.05, 0) is 39.7 Å². The highest BCUT2D eigenvalue weighted by atomic mass is 79.9. The van der Waals surface area contributed by atoms with E-state index < -0.39 is 0 Å². The van der Waals surface area contributed by atoms with Crippen LogP contribution in [-0.4, -0.2) is 18.6 Å². The third-order valence-corrected chi connectivity index (χ3v) is 5.23. The number of hydrogen-bond donors (Lipinski definition) is 0. The number of rotatable bonds is 4. The van der Waals surface area contributed by atoms with Gasteiger partial charge in [-0.3, -0.25) is 4.79 Å². The number of hydrogen-bond acceptors (Lipinski definition) is 3. The van der Waals surface area contributed by atoms with Crippen molar-refractivity contribution >= 4 is 34.0 Å². The molecule has 0 aromatic heterocycles. The molecule has 0 bridgehead atoms. The number of ether oxygens (including phenoxy) is 1. The Labute approximate surface area is 130 Å². The van der Waals surface area contributed by atoms with E-state index in [0.717, 1.165) is 16.5 Å². The van der Waals surface area contributed by atoms with Crippen LogP contribution in [0.2, 0.25) is 0 Å². The topological polar surface area (TPSA) is 26.3 Å². The zero-order chi connectivity index (χ0) is 13.9. The number of carbonyl (C=O) groups is 1. The summed E-state index contributed by atoms with van der Waals surface area (Å²) in [5.41, 5.74) is 1.93. The lowest BCUT2D eigenvalue weighted by molar-refractivity contribution is 0.111. The van der Waals surface area contributed by atoms with Gasteiger partial charge in [0.1, 0.15) is 5.75 Å². The third kappa shape index (κ3) is 2.63. The average molecular weight is 349 g/mol. The van der Waals surface area contributed by atoms with Gasteiger partial charge in [0.15, 0.2) is 6.29 Å². The molecule has 2 aromatic rings. The molecule has 0 N–H and O–H groups in total. The molecular formula is C16H13BrO2S. The van der Waals surface area contributed by atoms with Crippen molar-refractivity contribution in [2.45, 2.75) is 10.8 Å². The molecule has 102 valence electrons. The van der Waals surface area contributed by atoms with E-state index in [-0.39, 0.29) is 0 Å². The molecule has 0 radical (unpaired) electrons. The van der Waals surface area contributed by atoms with Crippen LogP contribution >= 0.6 is 27.7 Å². The van der Waals surface area contributed by atoms with Crippen molar-refractivity contribution in [3.8, 4) is 5.75 Å². The molecule has 1 heterocycles. The largest absolute Gasteiger partial charge is 0.491 e. The van der Waals surface area contributed by atoms with Crippen LogP contribution in [0, 0.1) is 0 Å². The zero-order valence-corrected chi connectivity index (χ0v) is 13.1. The fourth-order valence-electron chi connectivity index (χ4n) is 2.32. The Morgan fingerprint density at radius 1 is 1.25 bits per heavy atom. The number of thioether (sulfide) groups is 1. The Kier molecular flexibility index (Phi) is 4.13. The maximum Gasteiger partial charge on any atom is 0.153 e. The van der Waals surface area contributed by atoms with Crippen LogP contribution in [0.1, 0.15) is 21.8 Å². The van der Waals surface area contributed by atoms with E-state index in [1.54, 1.807) is 6.07 Å². The molecule has 0 saturated heterocycles.